The van der Waals surface area contributed by atoms with Gasteiger partial charge in [-0.15, -0.1) is 0 Å². The number of nitrogens with one attached hydrogen (secondary N) is 1. The molecule has 29 heavy (non-hydrogen) atoms. The summed E-state index contributed by atoms with van der Waals surface area (Å²) in [5.74, 6) is 11.8. The van der Waals surface area contributed by atoms with Crippen LogP contribution in [0.3, 0.4) is 0 Å². The topological polar surface area (TPSA) is 106 Å². The minimum Gasteiger partial charge on any atom is -0.489 e. The first-order valence-electron chi connectivity index (χ1n) is 9.22. The lowest BCUT2D eigenvalue weighted by molar-refractivity contribution is 0.246. The Bertz CT molecular complexity index is 1040. The van der Waals surface area contributed by atoms with Crippen molar-refractivity contribution in [1.29, 1.82) is 0 Å². The number of benzene rings is 2. The highest BCUT2D eigenvalue weighted by molar-refractivity contribution is 5.91. The molecule has 0 fully saturated rings. The van der Waals surface area contributed by atoms with Crippen LogP contribution >= 0.6 is 0 Å². The number of hydrogen-bond acceptors (Lipinski definition) is 5. The SMILES string of the molecule is Cc1cccc(-c2ccc(OCc3c(C)cccc3N(N)C(=O)NN)c(C)c2)n1. The molecule has 0 aliphatic carbocycles. The Morgan fingerprint density at radius 3 is 2.52 bits per heavy atom. The second kappa shape index (κ2) is 8.72. The predicted octanol–water partition coefficient (Wildman–Crippen LogP) is 3.52. The van der Waals surface area contributed by atoms with Crippen LogP contribution in [0.2, 0.25) is 0 Å². The van der Waals surface area contributed by atoms with Crippen LogP contribution in [0.1, 0.15) is 22.4 Å². The summed E-state index contributed by atoms with van der Waals surface area (Å²) < 4.78 is 6.06. The molecule has 0 atom stereocenters. The fraction of sp³-hybridized carbons (Fsp3) is 0.182. The Hall–Kier alpha value is -3.42. The third-order valence-electron chi connectivity index (χ3n) is 4.72. The maximum Gasteiger partial charge on any atom is 0.350 e. The van der Waals surface area contributed by atoms with E-state index in [2.05, 4.69) is 4.98 Å². The molecule has 7 heteroatoms. The Kier molecular flexibility index (Phi) is 6.11. The minimum absolute atomic E-state index is 0.260. The van der Waals surface area contributed by atoms with Crippen molar-refractivity contribution in [1.82, 2.24) is 10.4 Å². The van der Waals surface area contributed by atoms with E-state index in [1.807, 2.05) is 74.7 Å². The first-order valence-corrected chi connectivity index (χ1v) is 9.22. The first-order chi connectivity index (χ1) is 13.9. The Labute approximate surface area is 170 Å². The van der Waals surface area contributed by atoms with Crippen LogP contribution < -0.4 is 26.9 Å². The van der Waals surface area contributed by atoms with Crippen molar-refractivity contribution in [2.45, 2.75) is 27.4 Å². The largest absolute Gasteiger partial charge is 0.489 e. The van der Waals surface area contributed by atoms with Gasteiger partial charge in [0.1, 0.15) is 12.4 Å². The number of anilines is 1. The molecule has 0 unspecified atom stereocenters. The summed E-state index contributed by atoms with van der Waals surface area (Å²) in [6, 6.07) is 16.8. The number of aryl methyl sites for hydroxylation is 3. The number of aromatic nitrogens is 1. The average molecular weight is 391 g/mol. The third kappa shape index (κ3) is 4.53. The van der Waals surface area contributed by atoms with Crippen LogP contribution in [0, 0.1) is 20.8 Å². The lowest BCUT2D eigenvalue weighted by Crippen LogP contribution is -2.48. The molecule has 0 radical (unpaired) electrons. The van der Waals surface area contributed by atoms with Crippen molar-refractivity contribution < 1.29 is 9.53 Å². The fourth-order valence-corrected chi connectivity index (χ4v) is 3.10. The first kappa shape index (κ1) is 20.3. The standard InChI is InChI=1S/C22H25N5O2/c1-14-6-4-9-20(27(24)22(28)26-23)18(14)13-29-21-11-10-17(12-15(21)2)19-8-5-7-16(3)25-19/h4-12H,13,23-24H2,1-3H3,(H,26,28). The van der Waals surface area contributed by atoms with E-state index in [1.54, 1.807) is 6.07 Å². The highest BCUT2D eigenvalue weighted by atomic mass is 16.5. The molecule has 0 bridgehead atoms. The summed E-state index contributed by atoms with van der Waals surface area (Å²) in [6.07, 6.45) is 0. The highest BCUT2D eigenvalue weighted by Gasteiger charge is 2.16. The van der Waals surface area contributed by atoms with Gasteiger partial charge in [0.05, 0.1) is 11.4 Å². The molecule has 0 spiro atoms. The van der Waals surface area contributed by atoms with Gasteiger partial charge in [0, 0.05) is 16.8 Å². The second-order valence-corrected chi connectivity index (χ2v) is 6.83. The predicted molar refractivity (Wildman–Crippen MR) is 114 cm³/mol. The van der Waals surface area contributed by atoms with Gasteiger partial charge < -0.3 is 4.74 Å². The average Bonchev–Trinajstić information content (AvgIpc) is 2.72. The molecule has 0 aliphatic rings. The molecular formula is C22H25N5O2. The number of hydrogen-bond donors (Lipinski definition) is 3. The normalized spacial score (nSPS) is 10.5. The number of carbonyl (C=O) groups is 1. The Balaban J connectivity index is 1.83. The van der Waals surface area contributed by atoms with Crippen molar-refractivity contribution in [3.8, 4) is 17.0 Å². The number of pyridine rings is 1. The van der Waals surface area contributed by atoms with Gasteiger partial charge in [0.25, 0.3) is 0 Å². The summed E-state index contributed by atoms with van der Waals surface area (Å²) in [5.41, 5.74) is 8.25. The molecule has 1 heterocycles. The molecule has 5 N–H and O–H groups in total. The van der Waals surface area contributed by atoms with E-state index in [0.29, 0.717) is 5.69 Å². The van der Waals surface area contributed by atoms with E-state index < -0.39 is 6.03 Å². The van der Waals surface area contributed by atoms with Crippen LogP contribution in [-0.4, -0.2) is 11.0 Å². The molecular weight excluding hydrogens is 366 g/mol. The number of urea groups is 1. The zero-order valence-corrected chi connectivity index (χ0v) is 16.8. The summed E-state index contributed by atoms with van der Waals surface area (Å²) in [5, 5.41) is 0.977. The molecule has 0 saturated carbocycles. The number of hydrazine groups is 2. The maximum absolute atomic E-state index is 11.8. The van der Waals surface area contributed by atoms with Gasteiger partial charge in [-0.2, -0.15) is 0 Å². The zero-order chi connectivity index (χ0) is 21.0. The number of nitrogens with two attached hydrogens (primary N) is 2. The van der Waals surface area contributed by atoms with Crippen molar-refractivity contribution in [2.75, 3.05) is 5.01 Å². The minimum atomic E-state index is -0.608. The highest BCUT2D eigenvalue weighted by Crippen LogP contribution is 2.28. The molecule has 0 aliphatic heterocycles. The van der Waals surface area contributed by atoms with E-state index in [4.69, 9.17) is 16.4 Å². The number of amides is 2. The fourth-order valence-electron chi connectivity index (χ4n) is 3.10. The monoisotopic (exact) mass is 391 g/mol. The third-order valence-corrected chi connectivity index (χ3v) is 4.72. The van der Waals surface area contributed by atoms with Crippen molar-refractivity contribution in [2.24, 2.45) is 11.7 Å². The molecule has 150 valence electrons. The van der Waals surface area contributed by atoms with Crippen LogP contribution in [0.25, 0.3) is 11.3 Å². The Morgan fingerprint density at radius 1 is 1.07 bits per heavy atom. The van der Waals surface area contributed by atoms with E-state index in [1.165, 1.54) is 0 Å². The van der Waals surface area contributed by atoms with Crippen molar-refractivity contribution >= 4 is 11.7 Å². The van der Waals surface area contributed by atoms with Crippen molar-refractivity contribution in [3.63, 3.8) is 0 Å². The Morgan fingerprint density at radius 2 is 1.83 bits per heavy atom. The number of rotatable bonds is 5. The maximum atomic E-state index is 11.8. The van der Waals surface area contributed by atoms with Gasteiger partial charge >= 0.3 is 6.03 Å². The van der Waals surface area contributed by atoms with Gasteiger partial charge in [0.15, 0.2) is 0 Å². The number of carbonyl (C=O) groups excluding carboxylic acids is 1. The molecule has 2 aromatic carbocycles. The van der Waals surface area contributed by atoms with Gasteiger partial charge in [0.2, 0.25) is 0 Å². The van der Waals surface area contributed by atoms with Gasteiger partial charge in [-0.1, -0.05) is 18.2 Å². The van der Waals surface area contributed by atoms with E-state index in [0.717, 1.165) is 44.4 Å². The molecule has 7 nitrogen and oxygen atoms in total. The van der Waals surface area contributed by atoms with Gasteiger partial charge in [-0.25, -0.2) is 21.5 Å². The van der Waals surface area contributed by atoms with E-state index in [9.17, 15) is 4.79 Å². The van der Waals surface area contributed by atoms with E-state index in [-0.39, 0.29) is 6.61 Å². The summed E-state index contributed by atoms with van der Waals surface area (Å²) >= 11 is 0. The summed E-state index contributed by atoms with van der Waals surface area (Å²) in [6.45, 7) is 6.16. The quantitative estimate of drug-likeness (QED) is 0.350. The van der Waals surface area contributed by atoms with Crippen LogP contribution in [0.5, 0.6) is 5.75 Å². The summed E-state index contributed by atoms with van der Waals surface area (Å²) in [7, 11) is 0. The molecule has 1 aromatic heterocycles. The summed E-state index contributed by atoms with van der Waals surface area (Å²) in [4.78, 5) is 16.4. The van der Waals surface area contributed by atoms with Gasteiger partial charge in [-0.3, -0.25) is 10.4 Å². The van der Waals surface area contributed by atoms with Crippen LogP contribution in [0.4, 0.5) is 10.5 Å². The van der Waals surface area contributed by atoms with Gasteiger partial charge in [-0.05, 0) is 68.3 Å². The molecule has 3 aromatic rings. The molecule has 2 amide bonds. The number of nitrogens with zero attached hydrogens (tertiary/aromatic N) is 2. The van der Waals surface area contributed by atoms with E-state index >= 15 is 0 Å². The molecule has 3 rings (SSSR count). The smallest absolute Gasteiger partial charge is 0.350 e. The zero-order valence-electron chi connectivity index (χ0n) is 16.8. The lowest BCUT2D eigenvalue weighted by Gasteiger charge is -2.21. The van der Waals surface area contributed by atoms with Crippen molar-refractivity contribution in [3.05, 3.63) is 77.0 Å². The van der Waals surface area contributed by atoms with Crippen LogP contribution in [0.15, 0.2) is 54.6 Å². The lowest BCUT2D eigenvalue weighted by atomic mass is 10.1. The number of ether oxygens (including phenoxy) is 1. The van der Waals surface area contributed by atoms with Crippen LogP contribution in [-0.2, 0) is 6.61 Å². The molecule has 0 saturated heterocycles. The second-order valence-electron chi connectivity index (χ2n) is 6.83.